The number of hydrogen-bond acceptors (Lipinski definition) is 5. The zero-order chi connectivity index (χ0) is 16.8. The van der Waals surface area contributed by atoms with E-state index < -0.39 is 0 Å². The molecule has 1 N–H and O–H groups in total. The van der Waals surface area contributed by atoms with Crippen molar-refractivity contribution in [2.45, 2.75) is 19.9 Å². The molecule has 1 amide bonds. The molecular formula is C17H19N5OS. The number of aromatic nitrogens is 4. The zero-order valence-electron chi connectivity index (χ0n) is 13.4. The van der Waals surface area contributed by atoms with E-state index in [1.54, 1.807) is 18.7 Å². The van der Waals surface area contributed by atoms with Crippen LogP contribution in [0.4, 0.5) is 0 Å². The number of thiazole rings is 1. The third-order valence-electron chi connectivity index (χ3n) is 3.51. The van der Waals surface area contributed by atoms with Gasteiger partial charge in [-0.25, -0.2) is 9.97 Å². The molecule has 3 aromatic heterocycles. The van der Waals surface area contributed by atoms with E-state index in [0.717, 1.165) is 22.9 Å². The molecule has 0 fully saturated rings. The van der Waals surface area contributed by atoms with Gasteiger partial charge >= 0.3 is 0 Å². The summed E-state index contributed by atoms with van der Waals surface area (Å²) in [5.41, 5.74) is 1.61. The minimum absolute atomic E-state index is 0.00893. The second kappa shape index (κ2) is 7.83. The first-order chi connectivity index (χ1) is 11.7. The van der Waals surface area contributed by atoms with E-state index in [4.69, 9.17) is 0 Å². The molecule has 1 atom stereocenters. The largest absolute Gasteiger partial charge is 0.355 e. The van der Waals surface area contributed by atoms with Crippen LogP contribution in [0.3, 0.4) is 0 Å². The van der Waals surface area contributed by atoms with Gasteiger partial charge in [0.25, 0.3) is 0 Å². The lowest BCUT2D eigenvalue weighted by molar-refractivity contribution is -0.120. The topological polar surface area (TPSA) is 72.7 Å². The van der Waals surface area contributed by atoms with E-state index in [2.05, 4.69) is 27.2 Å². The summed E-state index contributed by atoms with van der Waals surface area (Å²) in [6, 6.07) is 5.72. The SMILES string of the molecule is CC(CNC(=O)Cc1csc(-c2ccccn2)n1)Cn1ccnc1. The van der Waals surface area contributed by atoms with Crippen LogP contribution in [-0.2, 0) is 17.8 Å². The van der Waals surface area contributed by atoms with Gasteiger partial charge in [-0.2, -0.15) is 0 Å². The Kier molecular flexibility index (Phi) is 5.32. The van der Waals surface area contributed by atoms with Gasteiger partial charge in [0.2, 0.25) is 5.91 Å². The second-order valence-corrected chi connectivity index (χ2v) is 6.56. The highest BCUT2D eigenvalue weighted by Crippen LogP contribution is 2.21. The second-order valence-electron chi connectivity index (χ2n) is 5.70. The van der Waals surface area contributed by atoms with Crippen molar-refractivity contribution in [3.05, 3.63) is 54.2 Å². The van der Waals surface area contributed by atoms with Crippen molar-refractivity contribution in [3.63, 3.8) is 0 Å². The average Bonchev–Trinajstić information content (AvgIpc) is 3.26. The zero-order valence-corrected chi connectivity index (χ0v) is 14.2. The maximum Gasteiger partial charge on any atom is 0.226 e. The van der Waals surface area contributed by atoms with Gasteiger partial charge in [0.05, 0.1) is 24.1 Å². The first-order valence-corrected chi connectivity index (χ1v) is 8.67. The minimum atomic E-state index is -0.00893. The van der Waals surface area contributed by atoms with E-state index >= 15 is 0 Å². The number of carbonyl (C=O) groups excluding carboxylic acids is 1. The van der Waals surface area contributed by atoms with Crippen molar-refractivity contribution in [1.82, 2.24) is 24.8 Å². The van der Waals surface area contributed by atoms with Crippen molar-refractivity contribution in [3.8, 4) is 10.7 Å². The Bertz CT molecular complexity index is 769. The fraction of sp³-hybridized carbons (Fsp3) is 0.294. The van der Waals surface area contributed by atoms with E-state index in [1.165, 1.54) is 11.3 Å². The highest BCUT2D eigenvalue weighted by molar-refractivity contribution is 7.13. The molecule has 1 unspecified atom stereocenters. The summed E-state index contributed by atoms with van der Waals surface area (Å²) in [6.45, 7) is 3.57. The number of rotatable bonds is 7. The molecule has 6 nitrogen and oxygen atoms in total. The number of pyridine rings is 1. The molecule has 0 bridgehead atoms. The van der Waals surface area contributed by atoms with Crippen LogP contribution in [0.1, 0.15) is 12.6 Å². The predicted molar refractivity (Wildman–Crippen MR) is 93.4 cm³/mol. The first-order valence-electron chi connectivity index (χ1n) is 7.79. The maximum atomic E-state index is 12.1. The van der Waals surface area contributed by atoms with Gasteiger partial charge < -0.3 is 9.88 Å². The van der Waals surface area contributed by atoms with Crippen LogP contribution >= 0.6 is 11.3 Å². The van der Waals surface area contributed by atoms with Gasteiger partial charge in [-0.05, 0) is 18.1 Å². The number of amides is 1. The van der Waals surface area contributed by atoms with E-state index in [-0.39, 0.29) is 5.91 Å². The maximum absolute atomic E-state index is 12.1. The van der Waals surface area contributed by atoms with Crippen molar-refractivity contribution in [2.24, 2.45) is 5.92 Å². The van der Waals surface area contributed by atoms with Crippen LogP contribution in [0.5, 0.6) is 0 Å². The van der Waals surface area contributed by atoms with E-state index in [0.29, 0.717) is 18.9 Å². The third kappa shape index (κ3) is 4.48. The summed E-state index contributed by atoms with van der Waals surface area (Å²) < 4.78 is 2.01. The average molecular weight is 341 g/mol. The molecule has 3 heterocycles. The molecule has 7 heteroatoms. The monoisotopic (exact) mass is 341 g/mol. The fourth-order valence-electron chi connectivity index (χ4n) is 2.33. The summed E-state index contributed by atoms with van der Waals surface area (Å²) in [5.74, 6) is 0.327. The number of nitrogens with one attached hydrogen (secondary N) is 1. The Hall–Kier alpha value is -2.54. The summed E-state index contributed by atoms with van der Waals surface area (Å²) in [6.07, 6.45) is 7.50. The molecule has 0 aliphatic rings. The van der Waals surface area contributed by atoms with E-state index in [9.17, 15) is 4.79 Å². The summed E-state index contributed by atoms with van der Waals surface area (Å²) in [7, 11) is 0. The third-order valence-corrected chi connectivity index (χ3v) is 4.42. The molecule has 24 heavy (non-hydrogen) atoms. The summed E-state index contributed by atoms with van der Waals surface area (Å²) in [4.78, 5) is 24.9. The fourth-order valence-corrected chi connectivity index (χ4v) is 3.12. The Morgan fingerprint density at radius 3 is 3.04 bits per heavy atom. The molecule has 0 aromatic carbocycles. The summed E-state index contributed by atoms with van der Waals surface area (Å²) in [5, 5.41) is 5.72. The normalized spacial score (nSPS) is 12.0. The highest BCUT2D eigenvalue weighted by atomic mass is 32.1. The minimum Gasteiger partial charge on any atom is -0.355 e. The molecule has 0 radical (unpaired) electrons. The van der Waals surface area contributed by atoms with Crippen LogP contribution in [0.15, 0.2) is 48.5 Å². The number of imidazole rings is 1. The van der Waals surface area contributed by atoms with Gasteiger partial charge in [-0.3, -0.25) is 9.78 Å². The molecule has 0 aliphatic heterocycles. The Morgan fingerprint density at radius 1 is 1.38 bits per heavy atom. The van der Waals surface area contributed by atoms with Crippen LogP contribution in [0.2, 0.25) is 0 Å². The van der Waals surface area contributed by atoms with E-state index in [1.807, 2.05) is 34.3 Å². The molecule has 0 aliphatic carbocycles. The molecule has 0 saturated carbocycles. The Balaban J connectivity index is 1.47. The lowest BCUT2D eigenvalue weighted by Crippen LogP contribution is -2.31. The highest BCUT2D eigenvalue weighted by Gasteiger charge is 2.11. The van der Waals surface area contributed by atoms with Crippen molar-refractivity contribution in [2.75, 3.05) is 6.54 Å². The lowest BCUT2D eigenvalue weighted by Gasteiger charge is -2.12. The van der Waals surface area contributed by atoms with Gasteiger partial charge in [-0.15, -0.1) is 11.3 Å². The van der Waals surface area contributed by atoms with Gasteiger partial charge in [0.1, 0.15) is 5.01 Å². The predicted octanol–water partition coefficient (Wildman–Crippen LogP) is 2.40. The first kappa shape index (κ1) is 16.3. The molecule has 3 aromatic rings. The number of hydrogen-bond donors (Lipinski definition) is 1. The van der Waals surface area contributed by atoms with Gasteiger partial charge in [-0.1, -0.05) is 13.0 Å². The standard InChI is InChI=1S/C17H19N5OS/c1-13(10-22-7-6-18-12-22)9-20-16(23)8-14-11-24-17(21-14)15-4-2-3-5-19-15/h2-7,11-13H,8-10H2,1H3,(H,20,23). The van der Waals surface area contributed by atoms with Crippen LogP contribution < -0.4 is 5.32 Å². The number of carbonyl (C=O) groups is 1. The van der Waals surface area contributed by atoms with Crippen molar-refractivity contribution < 1.29 is 4.79 Å². The Labute approximate surface area is 144 Å². The Morgan fingerprint density at radius 2 is 2.29 bits per heavy atom. The van der Waals surface area contributed by atoms with Gasteiger partial charge in [0, 0.05) is 37.1 Å². The molecular weight excluding hydrogens is 322 g/mol. The smallest absolute Gasteiger partial charge is 0.226 e. The lowest BCUT2D eigenvalue weighted by atomic mass is 10.2. The van der Waals surface area contributed by atoms with Gasteiger partial charge in [0.15, 0.2) is 0 Å². The van der Waals surface area contributed by atoms with Crippen LogP contribution in [-0.4, -0.2) is 32.0 Å². The van der Waals surface area contributed by atoms with Crippen molar-refractivity contribution in [1.29, 1.82) is 0 Å². The number of nitrogens with zero attached hydrogens (tertiary/aromatic N) is 4. The molecule has 124 valence electrons. The molecule has 0 saturated heterocycles. The molecule has 3 rings (SSSR count). The van der Waals surface area contributed by atoms with Crippen LogP contribution in [0, 0.1) is 5.92 Å². The molecule has 0 spiro atoms. The van der Waals surface area contributed by atoms with Crippen molar-refractivity contribution >= 4 is 17.2 Å². The quantitative estimate of drug-likeness (QED) is 0.716. The van der Waals surface area contributed by atoms with Crippen LogP contribution in [0.25, 0.3) is 10.7 Å². The summed E-state index contributed by atoms with van der Waals surface area (Å²) >= 11 is 1.51.